The third kappa shape index (κ3) is 4.17. The number of carbonyl (C=O) groups excluding carboxylic acids is 2. The first-order valence-corrected chi connectivity index (χ1v) is 7.49. The molecule has 7 heteroatoms. The second-order valence-electron chi connectivity index (χ2n) is 5.97. The van der Waals surface area contributed by atoms with Gasteiger partial charge >= 0.3 is 5.97 Å². The lowest BCUT2D eigenvalue weighted by molar-refractivity contribution is -0.141. The Hall–Kier alpha value is -1.63. The van der Waals surface area contributed by atoms with Gasteiger partial charge in [0.2, 0.25) is 11.8 Å². The Morgan fingerprint density at radius 2 is 1.76 bits per heavy atom. The summed E-state index contributed by atoms with van der Waals surface area (Å²) in [5.41, 5.74) is 5.20. The highest BCUT2D eigenvalue weighted by Gasteiger charge is 2.36. The molecule has 2 amide bonds. The molecular formula is C14H23N3O4. The number of rotatable bonds is 4. The first-order valence-electron chi connectivity index (χ1n) is 7.49. The Bertz CT molecular complexity index is 426. The molecule has 1 aliphatic heterocycles. The normalized spacial score (nSPS) is 27.3. The van der Waals surface area contributed by atoms with E-state index in [1.807, 2.05) is 9.80 Å². The van der Waals surface area contributed by atoms with Crippen LogP contribution in [0.4, 0.5) is 0 Å². The molecule has 21 heavy (non-hydrogen) atoms. The van der Waals surface area contributed by atoms with E-state index in [1.165, 1.54) is 0 Å². The Morgan fingerprint density at radius 1 is 1.05 bits per heavy atom. The molecule has 2 fully saturated rings. The van der Waals surface area contributed by atoms with Crippen LogP contribution in [0.5, 0.6) is 0 Å². The molecule has 0 aromatic heterocycles. The van der Waals surface area contributed by atoms with Crippen molar-refractivity contribution in [3.63, 3.8) is 0 Å². The number of nitrogens with zero attached hydrogens (tertiary/aromatic N) is 2. The number of primary amides is 1. The first-order chi connectivity index (χ1) is 9.97. The molecule has 0 spiro atoms. The number of carboxylic acid groups (broad SMARTS) is 1. The van der Waals surface area contributed by atoms with Crippen molar-refractivity contribution in [3.8, 4) is 0 Å². The SMILES string of the molecule is NC(=O)CN1CCCN(C(=O)[C@@H]2CC[C@H](C(=O)O)C2)CC1. The summed E-state index contributed by atoms with van der Waals surface area (Å²) < 4.78 is 0. The highest BCUT2D eigenvalue weighted by Crippen LogP contribution is 2.32. The molecule has 0 aromatic rings. The summed E-state index contributed by atoms with van der Waals surface area (Å²) in [6.07, 6.45) is 2.52. The number of carbonyl (C=O) groups is 3. The molecule has 1 heterocycles. The van der Waals surface area contributed by atoms with Crippen LogP contribution in [0.1, 0.15) is 25.7 Å². The Morgan fingerprint density at radius 3 is 2.38 bits per heavy atom. The number of aliphatic carboxylic acids is 1. The standard InChI is InChI=1S/C14H23N3O4/c15-12(18)9-16-4-1-5-17(7-6-16)13(19)10-2-3-11(8-10)14(20)21/h10-11H,1-9H2,(H2,15,18)(H,20,21)/t10-,11+/m1/s1. The summed E-state index contributed by atoms with van der Waals surface area (Å²) in [6, 6.07) is 0. The van der Waals surface area contributed by atoms with Gasteiger partial charge in [-0.25, -0.2) is 0 Å². The molecule has 1 aliphatic carbocycles. The van der Waals surface area contributed by atoms with Crippen molar-refractivity contribution in [3.05, 3.63) is 0 Å². The zero-order valence-corrected chi connectivity index (χ0v) is 12.2. The van der Waals surface area contributed by atoms with Crippen LogP contribution >= 0.6 is 0 Å². The molecule has 2 rings (SSSR count). The summed E-state index contributed by atoms with van der Waals surface area (Å²) in [5, 5.41) is 9.01. The monoisotopic (exact) mass is 297 g/mol. The molecular weight excluding hydrogens is 274 g/mol. The van der Waals surface area contributed by atoms with Crippen LogP contribution in [0.3, 0.4) is 0 Å². The second-order valence-corrected chi connectivity index (χ2v) is 5.97. The van der Waals surface area contributed by atoms with Gasteiger partial charge < -0.3 is 15.7 Å². The molecule has 2 atom stereocenters. The molecule has 0 bridgehead atoms. The van der Waals surface area contributed by atoms with Crippen molar-refractivity contribution in [2.75, 3.05) is 32.7 Å². The molecule has 0 unspecified atom stereocenters. The first kappa shape index (κ1) is 15.8. The lowest BCUT2D eigenvalue weighted by Gasteiger charge is -2.24. The van der Waals surface area contributed by atoms with E-state index in [2.05, 4.69) is 0 Å². The van der Waals surface area contributed by atoms with Gasteiger partial charge in [-0.3, -0.25) is 19.3 Å². The molecule has 2 aliphatic rings. The van der Waals surface area contributed by atoms with E-state index < -0.39 is 5.97 Å². The zero-order chi connectivity index (χ0) is 15.4. The zero-order valence-electron chi connectivity index (χ0n) is 12.2. The topological polar surface area (TPSA) is 104 Å². The van der Waals surface area contributed by atoms with Crippen LogP contribution in [0.15, 0.2) is 0 Å². The Balaban J connectivity index is 1.86. The minimum atomic E-state index is -0.797. The van der Waals surface area contributed by atoms with Gasteiger partial charge in [-0.15, -0.1) is 0 Å². The van der Waals surface area contributed by atoms with Gasteiger partial charge in [0, 0.05) is 32.1 Å². The summed E-state index contributed by atoms with van der Waals surface area (Å²) in [7, 11) is 0. The maximum absolute atomic E-state index is 12.5. The minimum Gasteiger partial charge on any atom is -0.481 e. The number of hydrogen-bond donors (Lipinski definition) is 2. The van der Waals surface area contributed by atoms with Gasteiger partial charge in [0.25, 0.3) is 0 Å². The van der Waals surface area contributed by atoms with E-state index in [-0.39, 0.29) is 30.2 Å². The van der Waals surface area contributed by atoms with Crippen molar-refractivity contribution in [1.82, 2.24) is 9.80 Å². The molecule has 3 N–H and O–H groups in total. The van der Waals surface area contributed by atoms with Crippen LogP contribution in [0, 0.1) is 11.8 Å². The van der Waals surface area contributed by atoms with Crippen LogP contribution in [0.25, 0.3) is 0 Å². The fraction of sp³-hybridized carbons (Fsp3) is 0.786. The van der Waals surface area contributed by atoms with Crippen LogP contribution in [-0.4, -0.2) is 65.4 Å². The number of carboxylic acids is 1. The molecule has 1 saturated heterocycles. The number of nitrogens with two attached hydrogens (primary N) is 1. The maximum atomic E-state index is 12.5. The third-order valence-corrected chi connectivity index (χ3v) is 4.41. The number of amides is 2. The van der Waals surface area contributed by atoms with Crippen LogP contribution < -0.4 is 5.73 Å². The largest absolute Gasteiger partial charge is 0.481 e. The minimum absolute atomic E-state index is 0.0691. The van der Waals surface area contributed by atoms with Gasteiger partial charge in [0.05, 0.1) is 12.5 Å². The van der Waals surface area contributed by atoms with Gasteiger partial charge in [-0.2, -0.15) is 0 Å². The van der Waals surface area contributed by atoms with E-state index in [0.717, 1.165) is 13.0 Å². The Kier molecular flexibility index (Phi) is 5.17. The fourth-order valence-electron chi connectivity index (χ4n) is 3.26. The maximum Gasteiger partial charge on any atom is 0.306 e. The third-order valence-electron chi connectivity index (χ3n) is 4.41. The van der Waals surface area contributed by atoms with Crippen molar-refractivity contribution in [2.24, 2.45) is 17.6 Å². The van der Waals surface area contributed by atoms with Gasteiger partial charge in [-0.05, 0) is 25.7 Å². The highest BCUT2D eigenvalue weighted by molar-refractivity contribution is 5.81. The molecule has 7 nitrogen and oxygen atoms in total. The van der Waals surface area contributed by atoms with Gasteiger partial charge in [0.15, 0.2) is 0 Å². The average Bonchev–Trinajstić information content (AvgIpc) is 2.80. The summed E-state index contributed by atoms with van der Waals surface area (Å²) >= 11 is 0. The molecule has 0 aromatic carbocycles. The van der Waals surface area contributed by atoms with Crippen molar-refractivity contribution in [2.45, 2.75) is 25.7 Å². The van der Waals surface area contributed by atoms with Crippen molar-refractivity contribution < 1.29 is 19.5 Å². The molecule has 1 saturated carbocycles. The summed E-state index contributed by atoms with van der Waals surface area (Å²) in [5.74, 6) is -1.62. The van der Waals surface area contributed by atoms with E-state index in [9.17, 15) is 14.4 Å². The number of hydrogen-bond acceptors (Lipinski definition) is 4. The predicted molar refractivity (Wildman–Crippen MR) is 75.3 cm³/mol. The summed E-state index contributed by atoms with van der Waals surface area (Å²) in [6.45, 7) is 2.88. The highest BCUT2D eigenvalue weighted by atomic mass is 16.4. The average molecular weight is 297 g/mol. The van der Waals surface area contributed by atoms with E-state index in [1.54, 1.807) is 0 Å². The quantitative estimate of drug-likeness (QED) is 0.728. The van der Waals surface area contributed by atoms with Gasteiger partial charge in [-0.1, -0.05) is 0 Å². The van der Waals surface area contributed by atoms with Crippen LogP contribution in [0.2, 0.25) is 0 Å². The van der Waals surface area contributed by atoms with Crippen molar-refractivity contribution >= 4 is 17.8 Å². The summed E-state index contributed by atoms with van der Waals surface area (Å²) in [4.78, 5) is 38.2. The van der Waals surface area contributed by atoms with Gasteiger partial charge in [0.1, 0.15) is 0 Å². The van der Waals surface area contributed by atoms with E-state index in [0.29, 0.717) is 38.9 Å². The van der Waals surface area contributed by atoms with Crippen molar-refractivity contribution in [1.29, 1.82) is 0 Å². The smallest absolute Gasteiger partial charge is 0.306 e. The van der Waals surface area contributed by atoms with Crippen LogP contribution in [-0.2, 0) is 14.4 Å². The lowest BCUT2D eigenvalue weighted by atomic mass is 10.0. The molecule has 118 valence electrons. The lowest BCUT2D eigenvalue weighted by Crippen LogP contribution is -2.40. The predicted octanol–water partition coefficient (Wildman–Crippen LogP) is -0.493. The Labute approximate surface area is 124 Å². The van der Waals surface area contributed by atoms with E-state index >= 15 is 0 Å². The second kappa shape index (κ2) is 6.89. The molecule has 0 radical (unpaired) electrons. The van der Waals surface area contributed by atoms with E-state index in [4.69, 9.17) is 10.8 Å². The fourth-order valence-corrected chi connectivity index (χ4v) is 3.26.